The van der Waals surface area contributed by atoms with Crippen LogP contribution < -0.4 is 4.50 Å². The molecule has 0 fully saturated rings. The molecule has 1 heterocycles. The van der Waals surface area contributed by atoms with Gasteiger partial charge in [0.15, 0.2) is 0 Å². The molecule has 1 aromatic rings. The highest BCUT2D eigenvalue weighted by Crippen LogP contribution is 2.25. The third-order valence-electron chi connectivity index (χ3n) is 0.853. The summed E-state index contributed by atoms with van der Waals surface area (Å²) < 4.78 is 1.44. The van der Waals surface area contributed by atoms with Crippen LogP contribution in [0, 0.1) is 0 Å². The molecule has 0 radical (unpaired) electrons. The van der Waals surface area contributed by atoms with Gasteiger partial charge in [-0.15, -0.1) is 44.6 Å². The lowest BCUT2D eigenvalue weighted by Crippen LogP contribution is -2.26. The van der Waals surface area contributed by atoms with E-state index in [1.54, 1.807) is 12.1 Å². The summed E-state index contributed by atoms with van der Waals surface area (Å²) in [6.07, 6.45) is 0. The van der Waals surface area contributed by atoms with E-state index in [0.717, 1.165) is 4.50 Å². The number of rotatable bonds is 1. The number of hydrogen-bond donors (Lipinski definition) is 0. The summed E-state index contributed by atoms with van der Waals surface area (Å²) >= 11 is 24.0. The molecule has 56 valence electrons. The van der Waals surface area contributed by atoms with Crippen LogP contribution in [0.5, 0.6) is 0 Å². The Bertz CT molecular complexity index is 227. The van der Waals surface area contributed by atoms with E-state index in [1.165, 1.54) is 11.3 Å². The normalized spacial score (nSPS) is 12.0. The summed E-state index contributed by atoms with van der Waals surface area (Å²) in [5.74, 6) is 0. The zero-order valence-corrected chi connectivity index (χ0v) is 9.42. The lowest BCUT2D eigenvalue weighted by atomic mass is 10.7. The molecular formula is C4H2Cl4SSi. The van der Waals surface area contributed by atoms with Gasteiger partial charge in [-0.2, -0.15) is 0 Å². The van der Waals surface area contributed by atoms with Gasteiger partial charge in [-0.25, -0.2) is 0 Å². The van der Waals surface area contributed by atoms with Gasteiger partial charge in [0.25, 0.3) is 0 Å². The van der Waals surface area contributed by atoms with Gasteiger partial charge in [-0.05, 0) is 12.1 Å². The van der Waals surface area contributed by atoms with E-state index in [4.69, 9.17) is 44.8 Å². The average Bonchev–Trinajstić information content (AvgIpc) is 2.11. The van der Waals surface area contributed by atoms with Crippen molar-refractivity contribution in [3.63, 3.8) is 0 Å². The van der Waals surface area contributed by atoms with Crippen molar-refractivity contribution in [2.75, 3.05) is 0 Å². The van der Waals surface area contributed by atoms with Crippen LogP contribution in [0.25, 0.3) is 0 Å². The lowest BCUT2D eigenvalue weighted by Gasteiger charge is -2.01. The molecule has 0 unspecified atom stereocenters. The van der Waals surface area contributed by atoms with Crippen LogP contribution in [0.2, 0.25) is 4.34 Å². The molecule has 0 aromatic carbocycles. The topological polar surface area (TPSA) is 0 Å². The molecule has 0 N–H and O–H groups in total. The molecule has 0 spiro atoms. The number of thiophene rings is 1. The molecule has 0 aliphatic carbocycles. The van der Waals surface area contributed by atoms with E-state index in [2.05, 4.69) is 0 Å². The quantitative estimate of drug-likeness (QED) is 0.531. The van der Waals surface area contributed by atoms with Crippen molar-refractivity contribution in [3.05, 3.63) is 16.5 Å². The highest BCUT2D eigenvalue weighted by molar-refractivity contribution is 7.73. The molecule has 0 amide bonds. The lowest BCUT2D eigenvalue weighted by molar-refractivity contribution is 2.06. The Morgan fingerprint density at radius 3 is 2.00 bits per heavy atom. The van der Waals surface area contributed by atoms with Crippen molar-refractivity contribution in [2.24, 2.45) is 0 Å². The largest absolute Gasteiger partial charge is 0.383 e. The molecule has 0 saturated heterocycles. The van der Waals surface area contributed by atoms with Crippen LogP contribution in [0.3, 0.4) is 0 Å². The predicted octanol–water partition coefficient (Wildman–Crippen LogP) is 3.26. The fourth-order valence-corrected chi connectivity index (χ4v) is 4.13. The Labute approximate surface area is 82.8 Å². The first-order chi connectivity index (χ1) is 4.50. The summed E-state index contributed by atoms with van der Waals surface area (Å²) in [5, 5.41) is 0. The molecule has 10 heavy (non-hydrogen) atoms. The van der Waals surface area contributed by atoms with Crippen LogP contribution in [0.1, 0.15) is 0 Å². The standard InChI is InChI=1S/C4H2Cl4SSi/c5-3-1-2-4(9-3)10(6,7)8/h1-2H. The van der Waals surface area contributed by atoms with Gasteiger partial charge in [0, 0.05) is 4.50 Å². The van der Waals surface area contributed by atoms with Crippen molar-refractivity contribution in [1.82, 2.24) is 0 Å². The fourth-order valence-electron chi connectivity index (χ4n) is 0.467. The molecule has 1 rings (SSSR count). The van der Waals surface area contributed by atoms with Crippen molar-refractivity contribution in [3.8, 4) is 0 Å². The Morgan fingerprint density at radius 2 is 1.80 bits per heavy atom. The molecule has 0 aliphatic heterocycles. The van der Waals surface area contributed by atoms with E-state index >= 15 is 0 Å². The van der Waals surface area contributed by atoms with Crippen LogP contribution in [0.15, 0.2) is 12.1 Å². The van der Waals surface area contributed by atoms with Crippen LogP contribution >= 0.6 is 56.2 Å². The minimum atomic E-state index is -2.66. The third kappa shape index (κ3) is 2.29. The monoisotopic (exact) mass is 250 g/mol. The second-order valence-corrected chi connectivity index (χ2v) is 12.1. The Morgan fingerprint density at radius 1 is 1.20 bits per heavy atom. The number of halogens is 4. The second kappa shape index (κ2) is 3.21. The maximum Gasteiger partial charge on any atom is 0.383 e. The summed E-state index contributed by atoms with van der Waals surface area (Å²) in [6.45, 7) is 0. The predicted molar refractivity (Wildman–Crippen MR) is 52.3 cm³/mol. The molecule has 0 nitrogen and oxygen atoms in total. The molecule has 0 aliphatic rings. The van der Waals surface area contributed by atoms with E-state index < -0.39 is 6.00 Å². The zero-order valence-electron chi connectivity index (χ0n) is 4.57. The molecular weight excluding hydrogens is 250 g/mol. The van der Waals surface area contributed by atoms with Gasteiger partial charge in [0.2, 0.25) is 0 Å². The summed E-state index contributed by atoms with van der Waals surface area (Å²) in [6, 6.07) is 0.827. The molecule has 0 bridgehead atoms. The van der Waals surface area contributed by atoms with Gasteiger partial charge in [-0.3, -0.25) is 0 Å². The van der Waals surface area contributed by atoms with E-state index in [1.807, 2.05) is 0 Å². The first kappa shape index (κ1) is 9.17. The Balaban J connectivity index is 2.96. The SMILES string of the molecule is Clc1ccc([Si](Cl)(Cl)Cl)s1. The molecule has 1 aromatic heterocycles. The summed E-state index contributed by atoms with van der Waals surface area (Å²) in [7, 11) is 0. The van der Waals surface area contributed by atoms with Crippen LogP contribution in [-0.4, -0.2) is 6.00 Å². The van der Waals surface area contributed by atoms with Crippen molar-refractivity contribution < 1.29 is 0 Å². The maximum atomic E-state index is 5.69. The first-order valence-electron chi connectivity index (χ1n) is 2.32. The van der Waals surface area contributed by atoms with Gasteiger partial charge in [0.1, 0.15) is 0 Å². The molecule has 0 saturated carbocycles. The van der Waals surface area contributed by atoms with E-state index in [-0.39, 0.29) is 0 Å². The third-order valence-corrected chi connectivity index (χ3v) is 6.69. The molecule has 6 heteroatoms. The second-order valence-electron chi connectivity index (χ2n) is 1.60. The number of hydrogen-bond acceptors (Lipinski definition) is 1. The smallest absolute Gasteiger partial charge is 0.129 e. The van der Waals surface area contributed by atoms with Gasteiger partial charge in [-0.1, -0.05) is 11.6 Å². The summed E-state index contributed by atoms with van der Waals surface area (Å²) in [5.41, 5.74) is 0. The Hall–Kier alpha value is 1.08. The highest BCUT2D eigenvalue weighted by atomic mass is 35.8. The summed E-state index contributed by atoms with van der Waals surface area (Å²) in [4.78, 5) is 0. The van der Waals surface area contributed by atoms with Gasteiger partial charge >= 0.3 is 6.00 Å². The van der Waals surface area contributed by atoms with Crippen molar-refractivity contribution in [2.45, 2.75) is 0 Å². The molecule has 0 atom stereocenters. The highest BCUT2D eigenvalue weighted by Gasteiger charge is 2.29. The minimum absolute atomic E-state index is 0.661. The van der Waals surface area contributed by atoms with Crippen LogP contribution in [-0.2, 0) is 0 Å². The minimum Gasteiger partial charge on any atom is -0.129 e. The Kier molecular flexibility index (Phi) is 2.94. The first-order valence-corrected chi connectivity index (χ1v) is 8.55. The average molecular weight is 252 g/mol. The maximum absolute atomic E-state index is 5.69. The van der Waals surface area contributed by atoms with E-state index in [9.17, 15) is 0 Å². The van der Waals surface area contributed by atoms with Gasteiger partial charge < -0.3 is 0 Å². The zero-order chi connectivity index (χ0) is 7.78. The van der Waals surface area contributed by atoms with Gasteiger partial charge in [0.05, 0.1) is 4.34 Å². The van der Waals surface area contributed by atoms with Crippen molar-refractivity contribution >= 4 is 66.7 Å². The van der Waals surface area contributed by atoms with E-state index in [0.29, 0.717) is 4.34 Å². The fraction of sp³-hybridized carbons (Fsp3) is 0. The van der Waals surface area contributed by atoms with Crippen LogP contribution in [0.4, 0.5) is 0 Å². The van der Waals surface area contributed by atoms with Crippen molar-refractivity contribution in [1.29, 1.82) is 0 Å².